The van der Waals surface area contributed by atoms with Gasteiger partial charge in [-0.1, -0.05) is 58.2 Å². The smallest absolute Gasteiger partial charge is 0.159 e. The molecule has 0 atom stereocenters. The third-order valence-corrected chi connectivity index (χ3v) is 4.74. The summed E-state index contributed by atoms with van der Waals surface area (Å²) in [6.45, 7) is 6.71. The van der Waals surface area contributed by atoms with E-state index in [-0.39, 0.29) is 5.41 Å². The van der Waals surface area contributed by atoms with Crippen LogP contribution in [-0.2, 0) is 5.41 Å². The van der Waals surface area contributed by atoms with Crippen LogP contribution in [0.3, 0.4) is 0 Å². The summed E-state index contributed by atoms with van der Waals surface area (Å²) in [5, 5.41) is 0. The summed E-state index contributed by atoms with van der Waals surface area (Å²) in [5.74, 6) is 1.51. The molecule has 1 aromatic heterocycles. The van der Waals surface area contributed by atoms with E-state index in [1.807, 2.05) is 12.4 Å². The second-order valence-corrected chi connectivity index (χ2v) is 7.51. The number of hydrogen-bond acceptors (Lipinski definition) is 2. The van der Waals surface area contributed by atoms with Gasteiger partial charge in [0.25, 0.3) is 0 Å². The lowest BCUT2D eigenvalue weighted by Crippen LogP contribution is -2.11. The molecular formula is C20H26N2. The van der Waals surface area contributed by atoms with E-state index in [0.717, 1.165) is 11.4 Å². The van der Waals surface area contributed by atoms with Gasteiger partial charge in [-0.05, 0) is 41.4 Å². The average Bonchev–Trinajstić information content (AvgIpc) is 2.55. The number of nitrogens with zero attached hydrogens (tertiary/aromatic N) is 2. The molecule has 3 rings (SSSR count). The molecule has 1 heterocycles. The van der Waals surface area contributed by atoms with Crippen LogP contribution in [0.2, 0.25) is 0 Å². The van der Waals surface area contributed by atoms with Crippen LogP contribution in [0.1, 0.15) is 69.9 Å². The van der Waals surface area contributed by atoms with Crippen LogP contribution in [0.5, 0.6) is 0 Å². The lowest BCUT2D eigenvalue weighted by Gasteiger charge is -2.21. The van der Waals surface area contributed by atoms with Crippen LogP contribution in [0.25, 0.3) is 11.4 Å². The van der Waals surface area contributed by atoms with Crippen LogP contribution in [-0.4, -0.2) is 9.97 Å². The molecule has 0 radical (unpaired) electrons. The molecule has 22 heavy (non-hydrogen) atoms. The summed E-state index contributed by atoms with van der Waals surface area (Å²) >= 11 is 0. The molecule has 1 aliphatic rings. The van der Waals surface area contributed by atoms with Crippen molar-refractivity contribution in [2.45, 2.75) is 64.2 Å². The fourth-order valence-electron chi connectivity index (χ4n) is 3.26. The molecule has 2 aromatic rings. The second-order valence-electron chi connectivity index (χ2n) is 7.51. The predicted octanol–water partition coefficient (Wildman–Crippen LogP) is 5.49. The molecular weight excluding hydrogens is 268 g/mol. The van der Waals surface area contributed by atoms with Gasteiger partial charge < -0.3 is 0 Å². The maximum Gasteiger partial charge on any atom is 0.159 e. The van der Waals surface area contributed by atoms with Gasteiger partial charge in [0.2, 0.25) is 0 Å². The molecule has 1 aliphatic carbocycles. The third-order valence-electron chi connectivity index (χ3n) is 4.74. The van der Waals surface area contributed by atoms with Crippen LogP contribution >= 0.6 is 0 Å². The Labute approximate surface area is 134 Å². The first kappa shape index (κ1) is 15.2. The quantitative estimate of drug-likeness (QED) is 0.732. The molecule has 2 heteroatoms. The predicted molar refractivity (Wildman–Crippen MR) is 92.0 cm³/mol. The number of hydrogen-bond donors (Lipinski definition) is 0. The lowest BCUT2D eigenvalue weighted by atomic mass is 9.85. The van der Waals surface area contributed by atoms with Crippen molar-refractivity contribution in [3.8, 4) is 11.4 Å². The Kier molecular flexibility index (Phi) is 4.28. The Hall–Kier alpha value is -1.70. The van der Waals surface area contributed by atoms with Gasteiger partial charge in [0, 0.05) is 18.0 Å². The van der Waals surface area contributed by atoms with Crippen molar-refractivity contribution in [3.05, 3.63) is 47.8 Å². The number of benzene rings is 1. The fourth-order valence-corrected chi connectivity index (χ4v) is 3.26. The Bertz CT molecular complexity index is 617. The van der Waals surface area contributed by atoms with Gasteiger partial charge >= 0.3 is 0 Å². The lowest BCUT2D eigenvalue weighted by molar-refractivity contribution is 0.442. The molecule has 1 saturated carbocycles. The molecule has 0 amide bonds. The minimum absolute atomic E-state index is 0.151. The van der Waals surface area contributed by atoms with Gasteiger partial charge in [-0.2, -0.15) is 0 Å². The Morgan fingerprint density at radius 3 is 2.27 bits per heavy atom. The van der Waals surface area contributed by atoms with E-state index < -0.39 is 0 Å². The Balaban J connectivity index is 1.83. The third kappa shape index (κ3) is 3.37. The Morgan fingerprint density at radius 1 is 0.955 bits per heavy atom. The van der Waals surface area contributed by atoms with E-state index in [9.17, 15) is 0 Å². The first-order chi connectivity index (χ1) is 10.5. The summed E-state index contributed by atoms with van der Waals surface area (Å²) in [5.41, 5.74) is 3.90. The monoisotopic (exact) mass is 294 g/mol. The topological polar surface area (TPSA) is 25.8 Å². The minimum atomic E-state index is 0.151. The van der Waals surface area contributed by atoms with Gasteiger partial charge in [0.15, 0.2) is 5.82 Å². The van der Waals surface area contributed by atoms with E-state index in [1.54, 1.807) is 0 Å². The van der Waals surface area contributed by atoms with E-state index in [0.29, 0.717) is 5.92 Å². The zero-order valence-electron chi connectivity index (χ0n) is 14.0. The fraction of sp³-hybridized carbons (Fsp3) is 0.500. The van der Waals surface area contributed by atoms with Crippen LogP contribution in [0.15, 0.2) is 36.7 Å². The summed E-state index contributed by atoms with van der Waals surface area (Å²) in [7, 11) is 0. The summed E-state index contributed by atoms with van der Waals surface area (Å²) in [4.78, 5) is 9.27. The highest BCUT2D eigenvalue weighted by molar-refractivity contribution is 5.56. The van der Waals surface area contributed by atoms with Gasteiger partial charge in [-0.15, -0.1) is 0 Å². The summed E-state index contributed by atoms with van der Waals surface area (Å²) in [6.07, 6.45) is 10.8. The van der Waals surface area contributed by atoms with Crippen LogP contribution in [0.4, 0.5) is 0 Å². The highest BCUT2D eigenvalue weighted by atomic mass is 14.9. The van der Waals surface area contributed by atoms with Gasteiger partial charge in [-0.3, -0.25) is 0 Å². The van der Waals surface area contributed by atoms with Crippen molar-refractivity contribution in [2.24, 2.45) is 0 Å². The summed E-state index contributed by atoms with van der Waals surface area (Å²) < 4.78 is 0. The first-order valence-corrected chi connectivity index (χ1v) is 8.47. The maximum atomic E-state index is 4.64. The van der Waals surface area contributed by atoms with Crippen molar-refractivity contribution < 1.29 is 0 Å². The van der Waals surface area contributed by atoms with Crippen molar-refractivity contribution in [1.29, 1.82) is 0 Å². The SMILES string of the molecule is CC(C)(C)c1cccc(-c2ncc(C3CCCCC3)cn2)c1. The molecule has 0 aliphatic heterocycles. The van der Waals surface area contributed by atoms with Crippen molar-refractivity contribution in [2.75, 3.05) is 0 Å². The van der Waals surface area contributed by atoms with Gasteiger partial charge in [0.05, 0.1) is 0 Å². The van der Waals surface area contributed by atoms with E-state index in [1.165, 1.54) is 43.2 Å². The highest BCUT2D eigenvalue weighted by Gasteiger charge is 2.17. The van der Waals surface area contributed by atoms with Crippen molar-refractivity contribution in [1.82, 2.24) is 9.97 Å². The van der Waals surface area contributed by atoms with E-state index >= 15 is 0 Å². The number of rotatable bonds is 2. The summed E-state index contributed by atoms with van der Waals surface area (Å²) in [6, 6.07) is 8.61. The zero-order valence-corrected chi connectivity index (χ0v) is 14.0. The normalized spacial score (nSPS) is 16.7. The minimum Gasteiger partial charge on any atom is -0.236 e. The Morgan fingerprint density at radius 2 is 1.64 bits per heavy atom. The van der Waals surface area contributed by atoms with E-state index in [2.05, 4.69) is 55.0 Å². The molecule has 0 N–H and O–H groups in total. The van der Waals surface area contributed by atoms with Crippen molar-refractivity contribution >= 4 is 0 Å². The molecule has 0 saturated heterocycles. The number of aromatic nitrogens is 2. The van der Waals surface area contributed by atoms with Crippen molar-refractivity contribution in [3.63, 3.8) is 0 Å². The van der Waals surface area contributed by atoms with Crippen LogP contribution < -0.4 is 0 Å². The molecule has 1 fully saturated rings. The standard InChI is InChI=1S/C20H26N2/c1-20(2,3)18-11-7-10-16(12-18)19-21-13-17(14-22-19)15-8-5-4-6-9-15/h7,10-15H,4-6,8-9H2,1-3H3. The average molecular weight is 294 g/mol. The molecule has 116 valence electrons. The zero-order chi connectivity index (χ0) is 15.6. The molecule has 0 bridgehead atoms. The van der Waals surface area contributed by atoms with Gasteiger partial charge in [0.1, 0.15) is 0 Å². The molecule has 0 unspecified atom stereocenters. The first-order valence-electron chi connectivity index (χ1n) is 8.47. The maximum absolute atomic E-state index is 4.64. The van der Waals surface area contributed by atoms with Crippen LogP contribution in [0, 0.1) is 0 Å². The molecule has 0 spiro atoms. The van der Waals surface area contributed by atoms with E-state index in [4.69, 9.17) is 0 Å². The largest absolute Gasteiger partial charge is 0.236 e. The van der Waals surface area contributed by atoms with Gasteiger partial charge in [-0.25, -0.2) is 9.97 Å². The molecule has 1 aromatic carbocycles. The highest BCUT2D eigenvalue weighted by Crippen LogP contribution is 2.32. The second kappa shape index (κ2) is 6.20. The molecule has 2 nitrogen and oxygen atoms in total.